The molecule has 0 bridgehead atoms. The Morgan fingerprint density at radius 1 is 1.08 bits per heavy atom. The van der Waals surface area contributed by atoms with Gasteiger partial charge in [-0.25, -0.2) is 0 Å². The number of methoxy groups -OCH3 is 1. The monoisotopic (exact) mass is 505 g/mol. The van der Waals surface area contributed by atoms with Crippen LogP contribution in [0.3, 0.4) is 0 Å². The van der Waals surface area contributed by atoms with Gasteiger partial charge in [0.1, 0.15) is 5.75 Å². The average molecular weight is 506 g/mol. The molecule has 2 aliphatic heterocycles. The van der Waals surface area contributed by atoms with E-state index in [1.165, 1.54) is 17.0 Å². The standard InChI is InChI=1S/C28H35N5O2S/c1-20-19-24(21(2)33(20)22-8-10-23(34-3)11-9-22)27-26(25-7-4-5-12-29-25)30-28(36)32(27)14-6-13-31-15-17-35-18-16-31/h4-5,7-12,19,26-27H,6,13-18H2,1-3H3,(H,30,36)/t26-,27+/m1/s1. The Bertz CT molecular complexity index is 1170. The molecule has 4 heterocycles. The van der Waals surface area contributed by atoms with Gasteiger partial charge in [0.2, 0.25) is 0 Å². The van der Waals surface area contributed by atoms with Gasteiger partial charge in [-0.3, -0.25) is 9.88 Å². The first-order valence-corrected chi connectivity index (χ1v) is 13.1. The first kappa shape index (κ1) is 24.7. The molecule has 2 saturated heterocycles. The number of thiocarbonyl (C=S) groups is 1. The fourth-order valence-corrected chi connectivity index (χ4v) is 5.82. The zero-order valence-electron chi connectivity index (χ0n) is 21.3. The van der Waals surface area contributed by atoms with Gasteiger partial charge in [0.15, 0.2) is 5.11 Å². The molecular weight excluding hydrogens is 470 g/mol. The van der Waals surface area contributed by atoms with Crippen molar-refractivity contribution in [2.45, 2.75) is 32.4 Å². The van der Waals surface area contributed by atoms with Gasteiger partial charge >= 0.3 is 0 Å². The quantitative estimate of drug-likeness (QED) is 0.461. The number of nitrogens with one attached hydrogen (secondary N) is 1. The number of nitrogens with zero attached hydrogens (tertiary/aromatic N) is 4. The molecule has 0 saturated carbocycles. The highest BCUT2D eigenvalue weighted by Crippen LogP contribution is 2.41. The molecule has 0 spiro atoms. The molecular formula is C28H35N5O2S. The normalized spacial score (nSPS) is 20.5. The van der Waals surface area contributed by atoms with Crippen LogP contribution >= 0.6 is 12.2 Å². The van der Waals surface area contributed by atoms with Crippen molar-refractivity contribution in [3.05, 3.63) is 77.4 Å². The summed E-state index contributed by atoms with van der Waals surface area (Å²) in [6.07, 6.45) is 2.91. The fraction of sp³-hybridized carbons (Fsp3) is 0.429. The highest BCUT2D eigenvalue weighted by Gasteiger charge is 2.41. The van der Waals surface area contributed by atoms with Crippen LogP contribution < -0.4 is 10.1 Å². The minimum Gasteiger partial charge on any atom is -0.497 e. The van der Waals surface area contributed by atoms with E-state index in [1.807, 2.05) is 30.5 Å². The van der Waals surface area contributed by atoms with Crippen molar-refractivity contribution in [1.82, 2.24) is 24.7 Å². The number of pyridine rings is 1. The summed E-state index contributed by atoms with van der Waals surface area (Å²) in [5.41, 5.74) is 5.82. The Morgan fingerprint density at radius 3 is 2.56 bits per heavy atom. The number of hydrogen-bond donors (Lipinski definition) is 1. The van der Waals surface area contributed by atoms with Crippen molar-refractivity contribution in [3.63, 3.8) is 0 Å². The molecule has 2 aromatic heterocycles. The summed E-state index contributed by atoms with van der Waals surface area (Å²) in [6, 6.07) is 16.7. The van der Waals surface area contributed by atoms with Crippen LogP contribution in [0.2, 0.25) is 0 Å². The second kappa shape index (κ2) is 11.0. The van der Waals surface area contributed by atoms with Crippen LogP contribution in [0.25, 0.3) is 5.69 Å². The molecule has 8 heteroatoms. The maximum Gasteiger partial charge on any atom is 0.170 e. The maximum absolute atomic E-state index is 5.90. The average Bonchev–Trinajstić information content (AvgIpc) is 3.39. The summed E-state index contributed by atoms with van der Waals surface area (Å²) >= 11 is 5.90. The minimum absolute atomic E-state index is 0.00750. The van der Waals surface area contributed by atoms with Crippen LogP contribution in [0, 0.1) is 13.8 Å². The molecule has 2 aliphatic rings. The van der Waals surface area contributed by atoms with Crippen molar-refractivity contribution in [2.75, 3.05) is 46.5 Å². The molecule has 0 radical (unpaired) electrons. The van der Waals surface area contributed by atoms with Crippen molar-refractivity contribution in [2.24, 2.45) is 0 Å². The van der Waals surface area contributed by atoms with Crippen molar-refractivity contribution in [1.29, 1.82) is 0 Å². The lowest BCUT2D eigenvalue weighted by molar-refractivity contribution is 0.0365. The minimum atomic E-state index is -0.00750. The first-order valence-electron chi connectivity index (χ1n) is 12.7. The number of ether oxygens (including phenoxy) is 2. The smallest absolute Gasteiger partial charge is 0.170 e. The second-order valence-electron chi connectivity index (χ2n) is 9.49. The number of morpholine rings is 1. The SMILES string of the molecule is COc1ccc(-n2c(C)cc([C@H]3[C@@H](c4ccccn4)NC(=S)N3CCCN3CCOCC3)c2C)cc1. The number of benzene rings is 1. The molecule has 5 rings (SSSR count). The third-order valence-corrected chi connectivity index (χ3v) is 7.65. The lowest BCUT2D eigenvalue weighted by Gasteiger charge is -2.30. The Hall–Kier alpha value is -2.94. The van der Waals surface area contributed by atoms with Gasteiger partial charge in [-0.1, -0.05) is 6.07 Å². The van der Waals surface area contributed by atoms with Crippen molar-refractivity contribution in [3.8, 4) is 11.4 Å². The maximum atomic E-state index is 5.90. The second-order valence-corrected chi connectivity index (χ2v) is 9.87. The Morgan fingerprint density at radius 2 is 1.86 bits per heavy atom. The Labute approximate surface area is 219 Å². The molecule has 1 N–H and O–H groups in total. The molecule has 2 atom stereocenters. The summed E-state index contributed by atoms with van der Waals surface area (Å²) in [5.74, 6) is 0.855. The number of aromatic nitrogens is 2. The molecule has 36 heavy (non-hydrogen) atoms. The van der Waals surface area contributed by atoms with E-state index in [1.54, 1.807) is 7.11 Å². The van der Waals surface area contributed by atoms with Gasteiger partial charge in [0, 0.05) is 49.5 Å². The summed E-state index contributed by atoms with van der Waals surface area (Å²) < 4.78 is 13.2. The van der Waals surface area contributed by atoms with Crippen LogP contribution in [-0.2, 0) is 4.74 Å². The Balaban J connectivity index is 1.46. The van der Waals surface area contributed by atoms with Gasteiger partial charge in [0.05, 0.1) is 38.1 Å². The van der Waals surface area contributed by atoms with Gasteiger partial charge in [0.25, 0.3) is 0 Å². The highest BCUT2D eigenvalue weighted by atomic mass is 32.1. The largest absolute Gasteiger partial charge is 0.497 e. The van der Waals surface area contributed by atoms with E-state index in [9.17, 15) is 0 Å². The van der Waals surface area contributed by atoms with Crippen LogP contribution in [0.4, 0.5) is 0 Å². The highest BCUT2D eigenvalue weighted by molar-refractivity contribution is 7.80. The van der Waals surface area contributed by atoms with Gasteiger partial charge in [-0.2, -0.15) is 0 Å². The van der Waals surface area contributed by atoms with E-state index in [0.29, 0.717) is 0 Å². The predicted molar refractivity (Wildman–Crippen MR) is 146 cm³/mol. The molecule has 2 fully saturated rings. The Kier molecular flexibility index (Phi) is 7.55. The first-order chi connectivity index (χ1) is 17.6. The van der Waals surface area contributed by atoms with Crippen molar-refractivity contribution < 1.29 is 9.47 Å². The fourth-order valence-electron chi connectivity index (χ4n) is 5.49. The van der Waals surface area contributed by atoms with Crippen molar-refractivity contribution >= 4 is 17.3 Å². The van der Waals surface area contributed by atoms with Gasteiger partial charge < -0.3 is 24.3 Å². The lowest BCUT2D eigenvalue weighted by atomic mass is 9.96. The van der Waals surface area contributed by atoms with E-state index in [-0.39, 0.29) is 12.1 Å². The molecule has 1 aromatic carbocycles. The number of hydrogen-bond acceptors (Lipinski definition) is 5. The van der Waals surface area contributed by atoms with Crippen LogP contribution in [0.15, 0.2) is 54.7 Å². The molecule has 0 unspecified atom stereocenters. The molecule has 7 nitrogen and oxygen atoms in total. The lowest BCUT2D eigenvalue weighted by Crippen LogP contribution is -2.39. The van der Waals surface area contributed by atoms with Gasteiger partial charge in [-0.15, -0.1) is 0 Å². The van der Waals surface area contributed by atoms with Crippen LogP contribution in [-0.4, -0.2) is 71.0 Å². The van der Waals surface area contributed by atoms with E-state index >= 15 is 0 Å². The van der Waals surface area contributed by atoms with Crippen LogP contribution in [0.5, 0.6) is 5.75 Å². The summed E-state index contributed by atoms with van der Waals surface area (Å²) in [6.45, 7) is 9.97. The zero-order valence-corrected chi connectivity index (χ0v) is 22.1. The third-order valence-electron chi connectivity index (χ3n) is 7.29. The number of aryl methyl sites for hydroxylation is 1. The third kappa shape index (κ3) is 4.98. The topological polar surface area (TPSA) is 54.8 Å². The van der Waals surface area contributed by atoms with Crippen LogP contribution in [0.1, 0.15) is 41.1 Å². The summed E-state index contributed by atoms with van der Waals surface area (Å²) in [7, 11) is 1.70. The van der Waals surface area contributed by atoms with E-state index < -0.39 is 0 Å². The zero-order chi connectivity index (χ0) is 25.1. The molecule has 0 aliphatic carbocycles. The molecule has 3 aromatic rings. The number of rotatable bonds is 8. The van der Waals surface area contributed by atoms with E-state index in [0.717, 1.165) is 68.1 Å². The predicted octanol–water partition coefficient (Wildman–Crippen LogP) is 4.19. The molecule has 0 amide bonds. The van der Waals surface area contributed by atoms with E-state index in [4.69, 9.17) is 26.7 Å². The van der Waals surface area contributed by atoms with E-state index in [2.05, 4.69) is 57.8 Å². The summed E-state index contributed by atoms with van der Waals surface area (Å²) in [4.78, 5) is 9.56. The van der Waals surface area contributed by atoms with Gasteiger partial charge in [-0.05, 0) is 80.5 Å². The summed E-state index contributed by atoms with van der Waals surface area (Å²) in [5, 5.41) is 4.40. The molecule has 190 valence electrons.